The van der Waals surface area contributed by atoms with Crippen LogP contribution in [-0.2, 0) is 9.53 Å². The average Bonchev–Trinajstić information content (AvgIpc) is 2.90. The number of nitrogens with zero attached hydrogens (tertiary/aromatic N) is 1. The fourth-order valence-corrected chi connectivity index (χ4v) is 3.41. The molecule has 122 valence electrons. The highest BCUT2D eigenvalue weighted by Gasteiger charge is 2.31. The maximum atomic E-state index is 12.7. The number of carboxylic acid groups (broad SMARTS) is 1. The zero-order chi connectivity index (χ0) is 16.6. The first-order valence-electron chi connectivity index (χ1n) is 7.26. The number of carbonyl (C=O) groups excluding carboxylic acids is 1. The number of morpholine rings is 1. The number of rotatable bonds is 3. The molecule has 0 spiro atoms. The second-order valence-corrected chi connectivity index (χ2v) is 6.49. The fourth-order valence-electron chi connectivity index (χ4n) is 2.82. The van der Waals surface area contributed by atoms with E-state index in [0.29, 0.717) is 18.7 Å². The van der Waals surface area contributed by atoms with Crippen molar-refractivity contribution in [3.8, 4) is 0 Å². The minimum Gasteiger partial charge on any atom is -0.481 e. The van der Waals surface area contributed by atoms with Crippen molar-refractivity contribution in [3.63, 3.8) is 0 Å². The molecule has 23 heavy (non-hydrogen) atoms. The number of ether oxygens (including phenoxy) is 1. The van der Waals surface area contributed by atoms with Crippen molar-refractivity contribution < 1.29 is 23.8 Å². The molecule has 7 heteroatoms. The van der Waals surface area contributed by atoms with Crippen molar-refractivity contribution in [2.24, 2.45) is 0 Å². The lowest BCUT2D eigenvalue weighted by Crippen LogP contribution is -2.49. The quantitative estimate of drug-likeness (QED) is 0.883. The average molecular weight is 382 g/mol. The van der Waals surface area contributed by atoms with Gasteiger partial charge in [0.1, 0.15) is 5.58 Å². The Hall–Kier alpha value is -1.86. The summed E-state index contributed by atoms with van der Waals surface area (Å²) in [5.41, 5.74) is 1.59. The molecule has 1 aromatic heterocycles. The summed E-state index contributed by atoms with van der Waals surface area (Å²) in [6.45, 7) is 2.89. The SMILES string of the molecule is Cc1cc(Br)cc2cc(C(=O)N3CCOCC3CC(=O)O)oc12. The number of carboxylic acids is 1. The van der Waals surface area contributed by atoms with Gasteiger partial charge in [-0.2, -0.15) is 0 Å². The molecule has 1 amide bonds. The van der Waals surface area contributed by atoms with Gasteiger partial charge in [-0.3, -0.25) is 9.59 Å². The Morgan fingerprint density at radius 2 is 2.17 bits per heavy atom. The van der Waals surface area contributed by atoms with E-state index in [1.54, 1.807) is 6.07 Å². The highest BCUT2D eigenvalue weighted by Crippen LogP contribution is 2.28. The molecule has 1 aromatic carbocycles. The zero-order valence-electron chi connectivity index (χ0n) is 12.5. The molecule has 1 aliphatic heterocycles. The smallest absolute Gasteiger partial charge is 0.305 e. The van der Waals surface area contributed by atoms with Crippen LogP contribution in [0.15, 0.2) is 27.1 Å². The van der Waals surface area contributed by atoms with Gasteiger partial charge in [-0.25, -0.2) is 0 Å². The topological polar surface area (TPSA) is 80.0 Å². The van der Waals surface area contributed by atoms with Crippen LogP contribution in [0, 0.1) is 6.92 Å². The van der Waals surface area contributed by atoms with Gasteiger partial charge in [-0.1, -0.05) is 15.9 Å². The minimum absolute atomic E-state index is 0.142. The molecule has 1 fully saturated rings. The van der Waals surface area contributed by atoms with Gasteiger partial charge in [0.2, 0.25) is 0 Å². The van der Waals surface area contributed by atoms with Crippen molar-refractivity contribution >= 4 is 38.8 Å². The lowest BCUT2D eigenvalue weighted by molar-refractivity contribution is -0.139. The normalized spacial score (nSPS) is 18.3. The van der Waals surface area contributed by atoms with Crippen molar-refractivity contribution in [3.05, 3.63) is 34.0 Å². The molecular weight excluding hydrogens is 366 g/mol. The van der Waals surface area contributed by atoms with Crippen molar-refractivity contribution in [1.29, 1.82) is 0 Å². The Bertz CT molecular complexity index is 769. The number of amides is 1. The van der Waals surface area contributed by atoms with Gasteiger partial charge < -0.3 is 19.2 Å². The molecule has 1 N–H and O–H groups in total. The predicted molar refractivity (Wildman–Crippen MR) is 86.5 cm³/mol. The van der Waals surface area contributed by atoms with Gasteiger partial charge >= 0.3 is 5.97 Å². The molecule has 2 aromatic rings. The summed E-state index contributed by atoms with van der Waals surface area (Å²) in [5, 5.41) is 9.83. The van der Waals surface area contributed by atoms with E-state index in [-0.39, 0.29) is 24.7 Å². The standard InChI is InChI=1S/C16H16BrNO5/c1-9-4-11(17)5-10-6-13(23-15(9)10)16(21)18-2-3-22-8-12(18)7-14(19)20/h4-6,12H,2-3,7-8H2,1H3,(H,19,20). The van der Waals surface area contributed by atoms with Crippen LogP contribution < -0.4 is 0 Å². The first kappa shape index (κ1) is 16.0. The Kier molecular flexibility index (Phi) is 4.41. The van der Waals surface area contributed by atoms with E-state index in [0.717, 1.165) is 15.4 Å². The Balaban J connectivity index is 1.92. The molecule has 1 saturated heterocycles. The first-order chi connectivity index (χ1) is 11.0. The number of aryl methyl sites for hydroxylation is 1. The Labute approximate surface area is 141 Å². The molecule has 1 aliphatic rings. The number of aliphatic carboxylic acids is 1. The third-order valence-electron chi connectivity index (χ3n) is 3.88. The van der Waals surface area contributed by atoms with E-state index in [1.807, 2.05) is 19.1 Å². The fraction of sp³-hybridized carbons (Fsp3) is 0.375. The van der Waals surface area contributed by atoms with Crippen molar-refractivity contribution in [1.82, 2.24) is 4.90 Å². The van der Waals surface area contributed by atoms with Crippen LogP contribution in [0.3, 0.4) is 0 Å². The number of furan rings is 1. The summed E-state index contributed by atoms with van der Waals surface area (Å²) in [7, 11) is 0. The number of hydrogen-bond donors (Lipinski definition) is 1. The molecule has 6 nitrogen and oxygen atoms in total. The molecule has 0 saturated carbocycles. The lowest BCUT2D eigenvalue weighted by Gasteiger charge is -2.34. The van der Waals surface area contributed by atoms with Gasteiger partial charge in [0.15, 0.2) is 5.76 Å². The number of halogens is 1. The molecule has 0 aliphatic carbocycles. The van der Waals surface area contributed by atoms with Gasteiger partial charge in [0.25, 0.3) is 5.91 Å². The van der Waals surface area contributed by atoms with Crippen LogP contribution in [0.4, 0.5) is 0 Å². The van der Waals surface area contributed by atoms with Crippen molar-refractivity contribution in [2.45, 2.75) is 19.4 Å². The second-order valence-electron chi connectivity index (χ2n) is 5.58. The summed E-state index contributed by atoms with van der Waals surface area (Å²) in [6.07, 6.45) is -0.142. The molecule has 1 unspecified atom stereocenters. The highest BCUT2D eigenvalue weighted by molar-refractivity contribution is 9.10. The van der Waals surface area contributed by atoms with Crippen LogP contribution in [0.2, 0.25) is 0 Å². The molecule has 0 bridgehead atoms. The van der Waals surface area contributed by atoms with E-state index < -0.39 is 12.0 Å². The third kappa shape index (κ3) is 3.25. The van der Waals surface area contributed by atoms with E-state index in [2.05, 4.69) is 15.9 Å². The summed E-state index contributed by atoms with van der Waals surface area (Å²) >= 11 is 3.42. The largest absolute Gasteiger partial charge is 0.481 e. The van der Waals surface area contributed by atoms with E-state index >= 15 is 0 Å². The van der Waals surface area contributed by atoms with E-state index in [1.165, 1.54) is 4.90 Å². The predicted octanol–water partition coefficient (Wildman–Crippen LogP) is 2.82. The van der Waals surface area contributed by atoms with Crippen LogP contribution in [-0.4, -0.2) is 47.7 Å². The van der Waals surface area contributed by atoms with E-state index in [9.17, 15) is 9.59 Å². The summed E-state index contributed by atoms with van der Waals surface area (Å²) < 4.78 is 11.9. The van der Waals surface area contributed by atoms with Crippen LogP contribution in [0.1, 0.15) is 22.5 Å². The molecular formula is C16H16BrNO5. The maximum Gasteiger partial charge on any atom is 0.305 e. The Morgan fingerprint density at radius 1 is 1.39 bits per heavy atom. The summed E-state index contributed by atoms with van der Waals surface area (Å²) in [6, 6.07) is 5.02. The number of hydrogen-bond acceptors (Lipinski definition) is 4. The van der Waals surface area contributed by atoms with E-state index in [4.69, 9.17) is 14.3 Å². The van der Waals surface area contributed by atoms with Crippen molar-refractivity contribution in [2.75, 3.05) is 19.8 Å². The zero-order valence-corrected chi connectivity index (χ0v) is 14.1. The van der Waals surface area contributed by atoms with Gasteiger partial charge in [-0.15, -0.1) is 0 Å². The van der Waals surface area contributed by atoms with Gasteiger partial charge in [0, 0.05) is 16.4 Å². The van der Waals surface area contributed by atoms with Gasteiger partial charge in [-0.05, 0) is 30.7 Å². The highest BCUT2D eigenvalue weighted by atomic mass is 79.9. The minimum atomic E-state index is -0.956. The number of benzene rings is 1. The third-order valence-corrected chi connectivity index (χ3v) is 4.33. The second kappa shape index (κ2) is 6.33. The van der Waals surface area contributed by atoms with Crippen LogP contribution in [0.25, 0.3) is 11.0 Å². The molecule has 0 radical (unpaired) electrons. The van der Waals surface area contributed by atoms with Gasteiger partial charge in [0.05, 0.1) is 25.7 Å². The summed E-state index contributed by atoms with van der Waals surface area (Å²) in [4.78, 5) is 25.2. The van der Waals surface area contributed by atoms with Crippen LogP contribution in [0.5, 0.6) is 0 Å². The lowest BCUT2D eigenvalue weighted by atomic mass is 10.1. The number of carbonyl (C=O) groups is 2. The monoisotopic (exact) mass is 381 g/mol. The molecule has 2 heterocycles. The Morgan fingerprint density at radius 3 is 2.91 bits per heavy atom. The van der Waals surface area contributed by atoms with Crippen LogP contribution >= 0.6 is 15.9 Å². The molecule has 3 rings (SSSR count). The summed E-state index contributed by atoms with van der Waals surface area (Å²) in [5.74, 6) is -1.03. The number of fused-ring (bicyclic) bond motifs is 1. The maximum absolute atomic E-state index is 12.7. The first-order valence-corrected chi connectivity index (χ1v) is 8.05. The molecule has 1 atom stereocenters.